The Labute approximate surface area is 447 Å². The molecule has 0 bridgehead atoms. The third-order valence-electron chi connectivity index (χ3n) is 16.1. The summed E-state index contributed by atoms with van der Waals surface area (Å²) in [5.74, 6) is 0. The van der Waals surface area contributed by atoms with Gasteiger partial charge in [0.2, 0.25) is 0 Å². The monoisotopic (exact) mass is 982 g/mol. The topological polar surface area (TPSA) is 46.5 Å². The van der Waals surface area contributed by atoms with Crippen molar-refractivity contribution >= 4 is 43.6 Å². The zero-order valence-corrected chi connectivity index (χ0v) is 45.8. The lowest BCUT2D eigenvalue weighted by molar-refractivity contribution is 1.12. The van der Waals surface area contributed by atoms with Crippen molar-refractivity contribution < 1.29 is 0 Å². The molecular weight excluding hydrogens is 921 g/mol. The first-order chi connectivity index (χ1) is 36.6. The van der Waals surface area contributed by atoms with Gasteiger partial charge in [-0.3, -0.25) is 4.98 Å². The Bertz CT molecular complexity index is 3890. The highest BCUT2D eigenvalue weighted by molar-refractivity contribution is 6.13. The molecular formula is C72H62N4. The number of aryl methyl sites for hydroxylation is 12. The number of nitrogens with zero attached hydrogens (tertiary/aromatic N) is 4. The van der Waals surface area contributed by atoms with Crippen molar-refractivity contribution in [3.8, 4) is 73.1 Å². The lowest BCUT2D eigenvalue weighted by atomic mass is 9.92. The van der Waals surface area contributed by atoms with Crippen LogP contribution in [-0.2, 0) is 0 Å². The van der Waals surface area contributed by atoms with Crippen molar-refractivity contribution in [3.05, 3.63) is 230 Å². The van der Waals surface area contributed by atoms with E-state index in [1.54, 1.807) is 0 Å². The number of fused-ring (bicyclic) bond motifs is 6. The number of hydrogen-bond acceptors (Lipinski definition) is 2. The Kier molecular flexibility index (Phi) is 11.6. The molecule has 0 amide bonds. The molecule has 0 aliphatic heterocycles. The fourth-order valence-corrected chi connectivity index (χ4v) is 13.5. The summed E-state index contributed by atoms with van der Waals surface area (Å²) < 4.78 is 4.79. The quantitative estimate of drug-likeness (QED) is 0.160. The zero-order valence-electron chi connectivity index (χ0n) is 45.8. The predicted molar refractivity (Wildman–Crippen MR) is 322 cm³/mol. The average molecular weight is 983 g/mol. The van der Waals surface area contributed by atoms with Crippen LogP contribution >= 0.6 is 0 Å². The molecule has 0 aliphatic rings. The standard InChI is InChI=1S/C72H62N4/c1-40-25-44(5)69(45(6)26-40)53-13-17-58-59-18-14-54(70-46(7)27-41(2)28-47(70)8)34-64(59)75(63(58)33-53)67-37-57(52-21-23-74-24-22-52)38-68(62(67)39-73)76-65-35-55(71-48(9)29-42(3)30-49(71)10)15-19-60(65)61-20-16-56(36-66(61)76)72-50(11)31-43(4)32-51(72)12/h13-38H,1-12H3. The summed E-state index contributed by atoms with van der Waals surface area (Å²) in [6, 6.07) is 57.6. The fraction of sp³-hybridized carbons (Fsp3) is 0.167. The fourth-order valence-electron chi connectivity index (χ4n) is 13.5. The molecule has 370 valence electrons. The molecule has 76 heavy (non-hydrogen) atoms. The molecule has 0 saturated carbocycles. The molecule has 0 saturated heterocycles. The van der Waals surface area contributed by atoms with Crippen molar-refractivity contribution in [3.63, 3.8) is 0 Å². The van der Waals surface area contributed by atoms with Gasteiger partial charge >= 0.3 is 0 Å². The number of aromatic nitrogens is 3. The van der Waals surface area contributed by atoms with Crippen LogP contribution in [0.3, 0.4) is 0 Å². The van der Waals surface area contributed by atoms with Gasteiger partial charge in [0, 0.05) is 33.9 Å². The van der Waals surface area contributed by atoms with E-state index in [9.17, 15) is 5.26 Å². The highest BCUT2D eigenvalue weighted by Crippen LogP contribution is 2.45. The summed E-state index contributed by atoms with van der Waals surface area (Å²) in [5.41, 5.74) is 32.8. The number of rotatable bonds is 7. The smallest absolute Gasteiger partial charge is 0.104 e. The molecule has 0 fully saturated rings. The number of hydrogen-bond donors (Lipinski definition) is 0. The van der Waals surface area contributed by atoms with Gasteiger partial charge in [0.15, 0.2) is 0 Å². The zero-order chi connectivity index (χ0) is 53.0. The summed E-state index contributed by atoms with van der Waals surface area (Å²) >= 11 is 0. The second-order valence-corrected chi connectivity index (χ2v) is 21.9. The molecule has 3 heterocycles. The average Bonchev–Trinajstić information content (AvgIpc) is 3.97. The summed E-state index contributed by atoms with van der Waals surface area (Å²) in [6.07, 6.45) is 3.73. The van der Waals surface area contributed by atoms with Gasteiger partial charge in [-0.15, -0.1) is 0 Å². The second-order valence-electron chi connectivity index (χ2n) is 21.9. The van der Waals surface area contributed by atoms with Crippen LogP contribution in [0.25, 0.3) is 111 Å². The van der Waals surface area contributed by atoms with E-state index in [1.165, 1.54) is 89.0 Å². The number of pyridine rings is 1. The molecule has 0 aliphatic carbocycles. The van der Waals surface area contributed by atoms with E-state index >= 15 is 0 Å². The Hall–Kier alpha value is -8.78. The summed E-state index contributed by atoms with van der Waals surface area (Å²) in [6.45, 7) is 26.4. The van der Waals surface area contributed by atoms with Crippen LogP contribution in [0, 0.1) is 94.4 Å². The van der Waals surface area contributed by atoms with Crippen LogP contribution in [0.1, 0.15) is 72.3 Å². The minimum atomic E-state index is 0.581. The van der Waals surface area contributed by atoms with Crippen LogP contribution in [0.15, 0.2) is 158 Å². The lowest BCUT2D eigenvalue weighted by Gasteiger charge is -2.20. The van der Waals surface area contributed by atoms with Crippen LogP contribution in [0.2, 0.25) is 0 Å². The lowest BCUT2D eigenvalue weighted by Crippen LogP contribution is -2.06. The maximum atomic E-state index is 12.2. The number of nitriles is 1. The van der Waals surface area contributed by atoms with E-state index in [0.717, 1.165) is 88.4 Å². The molecule has 12 rings (SSSR count). The first-order valence-corrected chi connectivity index (χ1v) is 26.6. The third kappa shape index (κ3) is 7.84. The molecule has 9 aromatic carbocycles. The highest BCUT2D eigenvalue weighted by Gasteiger charge is 2.25. The van der Waals surface area contributed by atoms with E-state index in [0.29, 0.717) is 5.56 Å². The van der Waals surface area contributed by atoms with Crippen molar-refractivity contribution in [2.24, 2.45) is 0 Å². The maximum Gasteiger partial charge on any atom is 0.104 e. The number of benzene rings is 9. The molecule has 0 spiro atoms. The van der Waals surface area contributed by atoms with Crippen LogP contribution < -0.4 is 0 Å². The Morgan fingerprint density at radius 2 is 0.566 bits per heavy atom. The van der Waals surface area contributed by atoms with Gasteiger partial charge in [-0.05, 0) is 232 Å². The second kappa shape index (κ2) is 18.3. The van der Waals surface area contributed by atoms with Crippen LogP contribution in [-0.4, -0.2) is 14.1 Å². The minimum absolute atomic E-state index is 0.581. The first kappa shape index (κ1) is 48.2. The van der Waals surface area contributed by atoms with Gasteiger partial charge in [0.25, 0.3) is 0 Å². The molecule has 4 heteroatoms. The van der Waals surface area contributed by atoms with E-state index in [1.807, 2.05) is 12.4 Å². The molecule has 4 nitrogen and oxygen atoms in total. The van der Waals surface area contributed by atoms with Crippen LogP contribution in [0.4, 0.5) is 0 Å². The van der Waals surface area contributed by atoms with Crippen molar-refractivity contribution in [2.75, 3.05) is 0 Å². The molecule has 3 aromatic heterocycles. The summed E-state index contributed by atoms with van der Waals surface area (Å²) in [5, 5.41) is 16.7. The molecule has 0 N–H and O–H groups in total. The molecule has 0 radical (unpaired) electrons. The first-order valence-electron chi connectivity index (χ1n) is 26.6. The predicted octanol–water partition coefficient (Wildman–Crippen LogP) is 19.2. The van der Waals surface area contributed by atoms with Crippen molar-refractivity contribution in [1.82, 2.24) is 14.1 Å². The largest absolute Gasteiger partial charge is 0.308 e. The SMILES string of the molecule is Cc1cc(C)c(-c2ccc3c4ccc(-c5c(C)cc(C)cc5C)cc4n(-c4cc(-c5ccncc5)cc(-n5c6cc(-c7c(C)cc(C)cc7C)ccc6c6ccc(-c7c(C)cc(C)cc7C)cc65)c4C#N)c3c2)c(C)c1. The van der Waals surface area contributed by atoms with Gasteiger partial charge in [-0.25, -0.2) is 0 Å². The van der Waals surface area contributed by atoms with E-state index in [2.05, 4.69) is 249 Å². The minimum Gasteiger partial charge on any atom is -0.308 e. The summed E-state index contributed by atoms with van der Waals surface area (Å²) in [4.78, 5) is 4.48. The van der Waals surface area contributed by atoms with Gasteiger partial charge in [0.05, 0.1) is 33.4 Å². The third-order valence-corrected chi connectivity index (χ3v) is 16.1. The highest BCUT2D eigenvalue weighted by atomic mass is 15.0. The van der Waals surface area contributed by atoms with Gasteiger partial charge < -0.3 is 9.13 Å². The van der Waals surface area contributed by atoms with E-state index in [4.69, 9.17) is 0 Å². The van der Waals surface area contributed by atoms with Gasteiger partial charge in [-0.1, -0.05) is 119 Å². The maximum absolute atomic E-state index is 12.2. The summed E-state index contributed by atoms with van der Waals surface area (Å²) in [7, 11) is 0. The van der Waals surface area contributed by atoms with Gasteiger partial charge in [0.1, 0.15) is 11.6 Å². The Balaban J connectivity index is 1.25. The Morgan fingerprint density at radius 3 is 0.816 bits per heavy atom. The molecule has 0 unspecified atom stereocenters. The van der Waals surface area contributed by atoms with Crippen molar-refractivity contribution in [2.45, 2.75) is 83.1 Å². The normalized spacial score (nSPS) is 11.7. The van der Waals surface area contributed by atoms with Crippen molar-refractivity contribution in [1.29, 1.82) is 5.26 Å². The van der Waals surface area contributed by atoms with Gasteiger partial charge in [-0.2, -0.15) is 5.26 Å². The molecule has 12 aromatic rings. The van der Waals surface area contributed by atoms with Crippen LogP contribution in [0.5, 0.6) is 0 Å². The molecule has 0 atom stereocenters. The van der Waals surface area contributed by atoms with E-state index < -0.39 is 0 Å². The van der Waals surface area contributed by atoms with E-state index in [-0.39, 0.29) is 0 Å². The Morgan fingerprint density at radius 1 is 0.303 bits per heavy atom.